The summed E-state index contributed by atoms with van der Waals surface area (Å²) in [4.78, 5) is 22.4. The SMILES string of the molecule is COc1ccc(C(=O)NCCC2CCNC2)cc1[N+](=O)[O-]. The second kappa shape index (κ2) is 7.03. The Morgan fingerprint density at radius 3 is 3.00 bits per heavy atom. The van der Waals surface area contributed by atoms with Crippen LogP contribution in [0.5, 0.6) is 5.75 Å². The molecule has 0 saturated carbocycles. The first-order valence-electron chi connectivity index (χ1n) is 6.93. The molecule has 1 saturated heterocycles. The van der Waals surface area contributed by atoms with Gasteiger partial charge >= 0.3 is 5.69 Å². The van der Waals surface area contributed by atoms with E-state index in [0.29, 0.717) is 12.5 Å². The zero-order chi connectivity index (χ0) is 15.2. The average Bonchev–Trinajstić information content (AvgIpc) is 2.99. The second-order valence-electron chi connectivity index (χ2n) is 5.05. The first kappa shape index (κ1) is 15.2. The Balaban J connectivity index is 1.95. The smallest absolute Gasteiger partial charge is 0.311 e. The number of benzene rings is 1. The van der Waals surface area contributed by atoms with Crippen molar-refractivity contribution in [1.82, 2.24) is 10.6 Å². The minimum atomic E-state index is -0.556. The van der Waals surface area contributed by atoms with E-state index in [1.165, 1.54) is 25.3 Å². The quantitative estimate of drug-likeness (QED) is 0.609. The van der Waals surface area contributed by atoms with Crippen LogP contribution in [0.25, 0.3) is 0 Å². The van der Waals surface area contributed by atoms with Crippen molar-refractivity contribution in [1.29, 1.82) is 0 Å². The number of hydrogen-bond donors (Lipinski definition) is 2. The van der Waals surface area contributed by atoms with Crippen LogP contribution >= 0.6 is 0 Å². The summed E-state index contributed by atoms with van der Waals surface area (Å²) in [6, 6.07) is 4.21. The Kier molecular flexibility index (Phi) is 5.10. The molecule has 1 aromatic rings. The van der Waals surface area contributed by atoms with Crippen molar-refractivity contribution in [2.75, 3.05) is 26.7 Å². The minimum Gasteiger partial charge on any atom is -0.490 e. The number of nitro benzene ring substituents is 1. The molecule has 1 unspecified atom stereocenters. The van der Waals surface area contributed by atoms with Gasteiger partial charge in [-0.05, 0) is 44.0 Å². The predicted octanol–water partition coefficient (Wildman–Crippen LogP) is 1.33. The van der Waals surface area contributed by atoms with E-state index in [2.05, 4.69) is 10.6 Å². The summed E-state index contributed by atoms with van der Waals surface area (Å²) in [5.74, 6) is 0.441. The lowest BCUT2D eigenvalue weighted by molar-refractivity contribution is -0.385. The molecule has 0 radical (unpaired) electrons. The van der Waals surface area contributed by atoms with Gasteiger partial charge in [-0.1, -0.05) is 0 Å². The van der Waals surface area contributed by atoms with E-state index in [-0.39, 0.29) is 22.9 Å². The van der Waals surface area contributed by atoms with Gasteiger partial charge < -0.3 is 15.4 Å². The summed E-state index contributed by atoms with van der Waals surface area (Å²) in [6.07, 6.45) is 2.04. The Bertz CT molecular complexity index is 527. The van der Waals surface area contributed by atoms with Crippen LogP contribution in [0.1, 0.15) is 23.2 Å². The number of nitro groups is 1. The van der Waals surface area contributed by atoms with Gasteiger partial charge in [0.25, 0.3) is 5.91 Å². The second-order valence-corrected chi connectivity index (χ2v) is 5.05. The Morgan fingerprint density at radius 2 is 2.38 bits per heavy atom. The Morgan fingerprint density at radius 1 is 1.57 bits per heavy atom. The van der Waals surface area contributed by atoms with Crippen molar-refractivity contribution >= 4 is 11.6 Å². The third-order valence-electron chi connectivity index (χ3n) is 3.64. The number of nitrogens with one attached hydrogen (secondary N) is 2. The molecular formula is C14H19N3O4. The van der Waals surface area contributed by atoms with Gasteiger partial charge in [-0.25, -0.2) is 0 Å². The van der Waals surface area contributed by atoms with Gasteiger partial charge in [0.2, 0.25) is 0 Å². The number of carbonyl (C=O) groups is 1. The molecule has 114 valence electrons. The van der Waals surface area contributed by atoms with Crippen LogP contribution in [-0.2, 0) is 0 Å². The van der Waals surface area contributed by atoms with E-state index in [9.17, 15) is 14.9 Å². The van der Waals surface area contributed by atoms with Gasteiger partial charge in [-0.15, -0.1) is 0 Å². The molecule has 1 aliphatic heterocycles. The zero-order valence-electron chi connectivity index (χ0n) is 11.9. The van der Waals surface area contributed by atoms with Crippen LogP contribution in [0.3, 0.4) is 0 Å². The molecule has 7 heteroatoms. The fraction of sp³-hybridized carbons (Fsp3) is 0.500. The maximum absolute atomic E-state index is 12.0. The van der Waals surface area contributed by atoms with Gasteiger partial charge in [0.1, 0.15) is 0 Å². The molecule has 1 amide bonds. The number of amides is 1. The molecule has 2 N–H and O–H groups in total. The summed E-state index contributed by atoms with van der Waals surface area (Å²) >= 11 is 0. The monoisotopic (exact) mass is 293 g/mol. The van der Waals surface area contributed by atoms with Gasteiger partial charge in [0.15, 0.2) is 5.75 Å². The van der Waals surface area contributed by atoms with Crippen LogP contribution in [0, 0.1) is 16.0 Å². The summed E-state index contributed by atoms with van der Waals surface area (Å²) in [5.41, 5.74) is 0.0668. The van der Waals surface area contributed by atoms with E-state index in [4.69, 9.17) is 4.74 Å². The fourth-order valence-corrected chi connectivity index (χ4v) is 2.43. The lowest BCUT2D eigenvalue weighted by Crippen LogP contribution is -2.26. The maximum atomic E-state index is 12.0. The molecule has 0 aromatic heterocycles. The third kappa shape index (κ3) is 3.91. The molecule has 1 fully saturated rings. The van der Waals surface area contributed by atoms with Crippen molar-refractivity contribution in [3.05, 3.63) is 33.9 Å². The molecule has 0 spiro atoms. The lowest BCUT2D eigenvalue weighted by atomic mass is 10.1. The van der Waals surface area contributed by atoms with Crippen LogP contribution in [0.4, 0.5) is 5.69 Å². The highest BCUT2D eigenvalue weighted by atomic mass is 16.6. The number of ether oxygens (including phenoxy) is 1. The minimum absolute atomic E-state index is 0.147. The van der Waals surface area contributed by atoms with E-state index in [1.54, 1.807) is 0 Å². The number of rotatable bonds is 6. The standard InChI is InChI=1S/C14H19N3O4/c1-21-13-3-2-11(8-12(13)17(19)20)14(18)16-7-5-10-4-6-15-9-10/h2-3,8,10,15H,4-7,9H2,1H3,(H,16,18). The van der Waals surface area contributed by atoms with E-state index >= 15 is 0 Å². The molecule has 1 aromatic carbocycles. The summed E-state index contributed by atoms with van der Waals surface area (Å²) in [5, 5.41) is 17.0. The number of nitrogens with zero attached hydrogens (tertiary/aromatic N) is 1. The van der Waals surface area contributed by atoms with E-state index in [0.717, 1.165) is 25.9 Å². The highest BCUT2D eigenvalue weighted by Gasteiger charge is 2.19. The maximum Gasteiger partial charge on any atom is 0.311 e. The molecule has 0 bridgehead atoms. The zero-order valence-corrected chi connectivity index (χ0v) is 11.9. The summed E-state index contributed by atoms with van der Waals surface area (Å²) in [7, 11) is 1.36. The van der Waals surface area contributed by atoms with Crippen molar-refractivity contribution in [2.24, 2.45) is 5.92 Å². The van der Waals surface area contributed by atoms with Crippen LogP contribution in [0.2, 0.25) is 0 Å². The van der Waals surface area contributed by atoms with Crippen molar-refractivity contribution < 1.29 is 14.5 Å². The number of carbonyl (C=O) groups excluding carboxylic acids is 1. The van der Waals surface area contributed by atoms with Crippen LogP contribution in [-0.4, -0.2) is 37.6 Å². The van der Waals surface area contributed by atoms with Crippen LogP contribution in [0.15, 0.2) is 18.2 Å². The Labute approximate surface area is 122 Å². The molecule has 21 heavy (non-hydrogen) atoms. The van der Waals surface area contributed by atoms with Crippen molar-refractivity contribution in [2.45, 2.75) is 12.8 Å². The van der Waals surface area contributed by atoms with Gasteiger partial charge in [0, 0.05) is 18.2 Å². The lowest BCUT2D eigenvalue weighted by Gasteiger charge is -2.10. The third-order valence-corrected chi connectivity index (χ3v) is 3.64. The molecule has 0 aliphatic carbocycles. The topological polar surface area (TPSA) is 93.5 Å². The van der Waals surface area contributed by atoms with Gasteiger partial charge in [-0.3, -0.25) is 14.9 Å². The molecular weight excluding hydrogens is 274 g/mol. The average molecular weight is 293 g/mol. The largest absolute Gasteiger partial charge is 0.490 e. The Hall–Kier alpha value is -2.15. The molecule has 1 heterocycles. The predicted molar refractivity (Wildman–Crippen MR) is 77.6 cm³/mol. The van der Waals surface area contributed by atoms with Gasteiger partial charge in [0.05, 0.1) is 12.0 Å². The van der Waals surface area contributed by atoms with Crippen molar-refractivity contribution in [3.8, 4) is 5.75 Å². The molecule has 1 aliphatic rings. The van der Waals surface area contributed by atoms with E-state index in [1.807, 2.05) is 0 Å². The van der Waals surface area contributed by atoms with Crippen molar-refractivity contribution in [3.63, 3.8) is 0 Å². The van der Waals surface area contributed by atoms with Crippen LogP contribution < -0.4 is 15.4 Å². The number of methoxy groups -OCH3 is 1. The van der Waals surface area contributed by atoms with E-state index < -0.39 is 4.92 Å². The molecule has 1 atom stereocenters. The highest BCUT2D eigenvalue weighted by molar-refractivity contribution is 5.95. The normalized spacial score (nSPS) is 17.5. The first-order valence-corrected chi connectivity index (χ1v) is 6.93. The summed E-state index contributed by atoms with van der Waals surface area (Å²) < 4.78 is 4.91. The first-order chi connectivity index (χ1) is 10.1. The number of hydrogen-bond acceptors (Lipinski definition) is 5. The molecule has 2 rings (SSSR count). The molecule has 7 nitrogen and oxygen atoms in total. The summed E-state index contributed by atoms with van der Waals surface area (Å²) in [6.45, 7) is 2.60. The highest BCUT2D eigenvalue weighted by Crippen LogP contribution is 2.27. The van der Waals surface area contributed by atoms with Gasteiger partial charge in [-0.2, -0.15) is 0 Å². The fourth-order valence-electron chi connectivity index (χ4n) is 2.43.